The molecule has 0 N–H and O–H groups in total. The van der Waals surface area contributed by atoms with Crippen LogP contribution in [0, 0.1) is 18.3 Å². The standard InChI is InChI=1S/C28H26F3N5O2/c1-18-15-19(4-6-22(18)20-3-5-21(16-32)33-17-20)26(38)35-11-9-27(10-12-35)24-8-7-23(25(37)28(29,30)31)36(24)14-13-34(27)2/h3-8,15,17H,9-14H2,1-2H3. The molecule has 1 saturated heterocycles. The van der Waals surface area contributed by atoms with Crippen molar-refractivity contribution < 1.29 is 22.8 Å². The summed E-state index contributed by atoms with van der Waals surface area (Å²) in [4.78, 5) is 33.4. The molecule has 1 aromatic carbocycles. The van der Waals surface area contributed by atoms with E-state index in [9.17, 15) is 22.8 Å². The normalized spacial score (nSPS) is 17.2. The number of aromatic nitrogens is 2. The number of aryl methyl sites for hydroxylation is 1. The average Bonchev–Trinajstić information content (AvgIpc) is 3.35. The minimum Gasteiger partial charge on any atom is -0.339 e. The van der Waals surface area contributed by atoms with Gasteiger partial charge < -0.3 is 9.47 Å². The van der Waals surface area contributed by atoms with E-state index < -0.39 is 17.5 Å². The van der Waals surface area contributed by atoms with Gasteiger partial charge in [0.15, 0.2) is 0 Å². The van der Waals surface area contributed by atoms with Crippen LogP contribution in [-0.4, -0.2) is 63.9 Å². The number of carbonyl (C=O) groups excluding carboxylic acids is 2. The highest BCUT2D eigenvalue weighted by atomic mass is 19.4. The molecule has 0 bridgehead atoms. The lowest BCUT2D eigenvalue weighted by atomic mass is 9.81. The second-order valence-electron chi connectivity index (χ2n) is 9.90. The van der Waals surface area contributed by atoms with E-state index in [1.807, 2.05) is 38.2 Å². The van der Waals surface area contributed by atoms with Crippen LogP contribution in [0.4, 0.5) is 13.2 Å². The predicted octanol–water partition coefficient (Wildman–Crippen LogP) is 4.55. The van der Waals surface area contributed by atoms with Gasteiger partial charge in [0.05, 0.1) is 11.2 Å². The summed E-state index contributed by atoms with van der Waals surface area (Å²) in [6.07, 6.45) is -2.19. The van der Waals surface area contributed by atoms with Gasteiger partial charge in [0.2, 0.25) is 0 Å². The third kappa shape index (κ3) is 4.27. The Kier molecular flexibility index (Phi) is 6.35. The molecule has 38 heavy (non-hydrogen) atoms. The van der Waals surface area contributed by atoms with E-state index in [2.05, 4.69) is 9.88 Å². The summed E-state index contributed by atoms with van der Waals surface area (Å²) >= 11 is 0. The third-order valence-electron chi connectivity index (χ3n) is 7.88. The second-order valence-corrected chi connectivity index (χ2v) is 9.90. The summed E-state index contributed by atoms with van der Waals surface area (Å²) < 4.78 is 40.9. The van der Waals surface area contributed by atoms with E-state index in [0.29, 0.717) is 56.0 Å². The van der Waals surface area contributed by atoms with Crippen LogP contribution in [0.2, 0.25) is 0 Å². The maximum atomic E-state index is 13.4. The monoisotopic (exact) mass is 521 g/mol. The van der Waals surface area contributed by atoms with Gasteiger partial charge in [0.25, 0.3) is 11.7 Å². The molecule has 1 spiro atoms. The number of amides is 1. The summed E-state index contributed by atoms with van der Waals surface area (Å²) in [7, 11) is 1.94. The molecule has 1 fully saturated rings. The summed E-state index contributed by atoms with van der Waals surface area (Å²) in [5.41, 5.74) is 3.40. The minimum atomic E-state index is -4.92. The number of likely N-dealkylation sites (N-methyl/N-ethyl adjacent to an activating group) is 1. The molecule has 1 amide bonds. The first-order chi connectivity index (χ1) is 18.0. The molecule has 0 saturated carbocycles. The van der Waals surface area contributed by atoms with Crippen LogP contribution in [0.25, 0.3) is 11.1 Å². The number of benzene rings is 1. The highest BCUT2D eigenvalue weighted by molar-refractivity contribution is 5.99. The number of hydrogen-bond acceptors (Lipinski definition) is 5. The van der Waals surface area contributed by atoms with Gasteiger partial charge in [-0.15, -0.1) is 0 Å². The largest absolute Gasteiger partial charge is 0.456 e. The number of alkyl halides is 3. The van der Waals surface area contributed by atoms with Crippen LogP contribution in [0.3, 0.4) is 0 Å². The molecule has 3 aromatic rings. The smallest absolute Gasteiger partial charge is 0.339 e. The zero-order valence-corrected chi connectivity index (χ0v) is 21.0. The van der Waals surface area contributed by atoms with Crippen molar-refractivity contribution in [1.82, 2.24) is 19.4 Å². The second kappa shape index (κ2) is 9.40. The first kappa shape index (κ1) is 25.7. The summed E-state index contributed by atoms with van der Waals surface area (Å²) in [6.45, 7) is 3.62. The number of nitriles is 1. The molecule has 0 unspecified atom stereocenters. The zero-order chi connectivity index (χ0) is 27.2. The van der Waals surface area contributed by atoms with E-state index in [1.165, 1.54) is 10.6 Å². The van der Waals surface area contributed by atoms with Gasteiger partial charge in [-0.05, 0) is 74.3 Å². The van der Waals surface area contributed by atoms with Gasteiger partial charge >= 0.3 is 6.18 Å². The average molecular weight is 522 g/mol. The SMILES string of the molecule is Cc1cc(C(=O)N2CCC3(CC2)c2ccc(C(=O)C(F)(F)F)n2CCN3C)ccc1-c1ccc(C#N)nc1. The molecule has 2 aliphatic heterocycles. The number of nitrogens with zero attached hydrogens (tertiary/aromatic N) is 5. The van der Waals surface area contributed by atoms with Crippen LogP contribution >= 0.6 is 0 Å². The molecule has 2 aliphatic rings. The minimum absolute atomic E-state index is 0.103. The fourth-order valence-corrected chi connectivity index (χ4v) is 5.76. The van der Waals surface area contributed by atoms with Crippen LogP contribution < -0.4 is 0 Å². The van der Waals surface area contributed by atoms with Crippen molar-refractivity contribution in [2.24, 2.45) is 0 Å². The summed E-state index contributed by atoms with van der Waals surface area (Å²) in [5.74, 6) is -1.93. The first-order valence-corrected chi connectivity index (χ1v) is 12.3. The van der Waals surface area contributed by atoms with Crippen LogP contribution in [-0.2, 0) is 12.1 Å². The van der Waals surface area contributed by atoms with Crippen molar-refractivity contribution in [3.8, 4) is 17.2 Å². The van der Waals surface area contributed by atoms with Gasteiger partial charge in [0, 0.05) is 49.2 Å². The van der Waals surface area contributed by atoms with Gasteiger partial charge in [0.1, 0.15) is 11.8 Å². The lowest BCUT2D eigenvalue weighted by Crippen LogP contribution is -2.56. The Morgan fingerprint density at radius 1 is 1.03 bits per heavy atom. The Labute approximate surface area is 218 Å². The summed E-state index contributed by atoms with van der Waals surface area (Å²) in [6, 6.07) is 13.9. The Morgan fingerprint density at radius 2 is 1.76 bits per heavy atom. The fraction of sp³-hybridized carbons (Fsp3) is 0.357. The Balaban J connectivity index is 1.34. The van der Waals surface area contributed by atoms with E-state index in [-0.39, 0.29) is 11.6 Å². The molecule has 0 atom stereocenters. The number of halogens is 3. The van der Waals surface area contributed by atoms with Gasteiger partial charge in [-0.2, -0.15) is 18.4 Å². The Hall–Kier alpha value is -3.97. The molecular formula is C28H26F3N5O2. The molecule has 2 aromatic heterocycles. The lowest BCUT2D eigenvalue weighted by molar-refractivity contribution is -0.0892. The quantitative estimate of drug-likeness (QED) is 0.473. The van der Waals surface area contributed by atoms with Crippen molar-refractivity contribution in [3.05, 3.63) is 76.9 Å². The van der Waals surface area contributed by atoms with Crippen molar-refractivity contribution in [1.29, 1.82) is 5.26 Å². The lowest BCUT2D eigenvalue weighted by Gasteiger charge is -2.50. The van der Waals surface area contributed by atoms with E-state index in [4.69, 9.17) is 5.26 Å². The van der Waals surface area contributed by atoms with Gasteiger partial charge in [-0.1, -0.05) is 6.07 Å². The maximum Gasteiger partial charge on any atom is 0.456 e. The van der Waals surface area contributed by atoms with Crippen LogP contribution in [0.5, 0.6) is 0 Å². The number of pyridine rings is 1. The van der Waals surface area contributed by atoms with Crippen LogP contribution in [0.1, 0.15) is 50.6 Å². The van der Waals surface area contributed by atoms with Gasteiger partial charge in [-0.25, -0.2) is 4.98 Å². The number of carbonyl (C=O) groups is 2. The zero-order valence-electron chi connectivity index (χ0n) is 21.0. The van der Waals surface area contributed by atoms with E-state index in [1.54, 1.807) is 29.3 Å². The van der Waals surface area contributed by atoms with Crippen molar-refractivity contribution >= 4 is 11.7 Å². The number of rotatable bonds is 3. The Bertz CT molecular complexity index is 1440. The first-order valence-electron chi connectivity index (χ1n) is 12.3. The fourth-order valence-electron chi connectivity index (χ4n) is 5.76. The highest BCUT2D eigenvalue weighted by Gasteiger charge is 2.47. The molecule has 4 heterocycles. The predicted molar refractivity (Wildman–Crippen MR) is 133 cm³/mol. The van der Waals surface area contributed by atoms with Crippen LogP contribution in [0.15, 0.2) is 48.7 Å². The molecule has 196 valence electrons. The molecule has 5 rings (SSSR count). The number of Topliss-reactive ketones (excluding diaryl/α,β-unsaturated/α-hetero) is 1. The molecule has 7 nitrogen and oxygen atoms in total. The van der Waals surface area contributed by atoms with Gasteiger partial charge in [-0.3, -0.25) is 14.5 Å². The van der Waals surface area contributed by atoms with E-state index >= 15 is 0 Å². The van der Waals surface area contributed by atoms with Crippen molar-refractivity contribution in [2.45, 2.75) is 38.0 Å². The number of hydrogen-bond donors (Lipinski definition) is 0. The van der Waals surface area contributed by atoms with E-state index in [0.717, 1.165) is 16.7 Å². The third-order valence-corrected chi connectivity index (χ3v) is 7.88. The molecule has 0 aliphatic carbocycles. The number of likely N-dealkylation sites (tertiary alicyclic amines) is 1. The number of ketones is 1. The molecule has 0 radical (unpaired) electrons. The molecule has 10 heteroatoms. The number of piperidine rings is 1. The van der Waals surface area contributed by atoms with Crippen molar-refractivity contribution in [3.63, 3.8) is 0 Å². The Morgan fingerprint density at radius 3 is 2.37 bits per heavy atom. The summed E-state index contributed by atoms with van der Waals surface area (Å²) in [5, 5.41) is 8.96. The van der Waals surface area contributed by atoms with Crippen molar-refractivity contribution in [2.75, 3.05) is 26.7 Å². The maximum absolute atomic E-state index is 13.4. The topological polar surface area (TPSA) is 82.2 Å². The molecular weight excluding hydrogens is 495 g/mol. The number of fused-ring (bicyclic) bond motifs is 2. The highest BCUT2D eigenvalue weighted by Crippen LogP contribution is 2.42.